The Kier molecular flexibility index (Phi) is 8.78. The van der Waals surface area contributed by atoms with Gasteiger partial charge in [0.15, 0.2) is 11.5 Å². The first-order valence-corrected chi connectivity index (χ1v) is 11.6. The number of halogens is 1. The van der Waals surface area contributed by atoms with E-state index in [0.29, 0.717) is 25.3 Å². The van der Waals surface area contributed by atoms with Crippen LogP contribution in [0.2, 0.25) is 0 Å². The highest BCUT2D eigenvalue weighted by Gasteiger charge is 2.35. The molecule has 8 nitrogen and oxygen atoms in total. The van der Waals surface area contributed by atoms with E-state index in [4.69, 9.17) is 18.9 Å². The van der Waals surface area contributed by atoms with Crippen LogP contribution in [0.4, 0.5) is 14.0 Å². The van der Waals surface area contributed by atoms with Gasteiger partial charge in [0, 0.05) is 32.1 Å². The number of piperazine rings is 1. The molecule has 0 spiro atoms. The predicted molar refractivity (Wildman–Crippen MR) is 128 cm³/mol. The Hall–Kier alpha value is -3.49. The van der Waals surface area contributed by atoms with Gasteiger partial charge in [-0.05, 0) is 38.5 Å². The third kappa shape index (κ3) is 7.77. The Labute approximate surface area is 205 Å². The summed E-state index contributed by atoms with van der Waals surface area (Å²) >= 11 is 0. The second-order valence-corrected chi connectivity index (χ2v) is 9.25. The first kappa shape index (κ1) is 26.1. The van der Waals surface area contributed by atoms with Crippen LogP contribution < -0.4 is 9.47 Å². The lowest BCUT2D eigenvalue weighted by molar-refractivity contribution is -0.00618. The topological polar surface area (TPSA) is 77.5 Å². The highest BCUT2D eigenvalue weighted by molar-refractivity contribution is 5.71. The van der Waals surface area contributed by atoms with E-state index in [9.17, 15) is 14.0 Å². The van der Waals surface area contributed by atoms with Crippen LogP contribution in [0.1, 0.15) is 32.8 Å². The maximum Gasteiger partial charge on any atom is 0.410 e. The summed E-state index contributed by atoms with van der Waals surface area (Å²) in [4.78, 5) is 28.8. The zero-order valence-electron chi connectivity index (χ0n) is 20.7. The quantitative estimate of drug-likeness (QED) is 0.554. The summed E-state index contributed by atoms with van der Waals surface area (Å²) in [6.07, 6.45) is -0.514. The summed E-state index contributed by atoms with van der Waals surface area (Å²) in [6.45, 7) is 6.63. The molecule has 0 saturated carbocycles. The van der Waals surface area contributed by atoms with E-state index >= 15 is 0 Å². The Bertz CT molecular complexity index is 995. The first-order valence-electron chi connectivity index (χ1n) is 11.6. The maximum absolute atomic E-state index is 13.7. The Balaban J connectivity index is 1.65. The van der Waals surface area contributed by atoms with Gasteiger partial charge in [-0.1, -0.05) is 30.3 Å². The lowest BCUT2D eigenvalue weighted by Gasteiger charge is -2.41. The van der Waals surface area contributed by atoms with Crippen LogP contribution in [-0.2, 0) is 16.1 Å². The van der Waals surface area contributed by atoms with Crippen molar-refractivity contribution in [3.8, 4) is 11.5 Å². The Morgan fingerprint density at radius 2 is 1.77 bits per heavy atom. The van der Waals surface area contributed by atoms with Crippen molar-refractivity contribution in [2.75, 3.05) is 33.4 Å². The molecule has 0 N–H and O–H groups in total. The molecule has 1 heterocycles. The van der Waals surface area contributed by atoms with Gasteiger partial charge < -0.3 is 28.7 Å². The second kappa shape index (κ2) is 11.8. The van der Waals surface area contributed by atoms with Crippen LogP contribution in [0.15, 0.2) is 48.5 Å². The highest BCUT2D eigenvalue weighted by atomic mass is 19.1. The summed E-state index contributed by atoms with van der Waals surface area (Å²) in [5.41, 5.74) is 0.237. The summed E-state index contributed by atoms with van der Waals surface area (Å²) in [6, 6.07) is 13.1. The Morgan fingerprint density at radius 3 is 2.46 bits per heavy atom. The van der Waals surface area contributed by atoms with Gasteiger partial charge in [-0.2, -0.15) is 0 Å². The summed E-state index contributed by atoms with van der Waals surface area (Å²) in [5, 5.41) is 0. The molecule has 1 aliphatic rings. The first-order chi connectivity index (χ1) is 16.7. The Morgan fingerprint density at radius 1 is 1.03 bits per heavy atom. The molecule has 1 fully saturated rings. The number of benzene rings is 2. The molecule has 1 aliphatic heterocycles. The molecule has 2 amide bonds. The fourth-order valence-electron chi connectivity index (χ4n) is 3.71. The van der Waals surface area contributed by atoms with Gasteiger partial charge in [0.2, 0.25) is 0 Å². The minimum atomic E-state index is -0.654. The van der Waals surface area contributed by atoms with Crippen LogP contribution in [0.5, 0.6) is 11.5 Å². The molecule has 1 atom stereocenters. The van der Waals surface area contributed by atoms with Gasteiger partial charge >= 0.3 is 12.2 Å². The van der Waals surface area contributed by atoms with Crippen LogP contribution in [0, 0.1) is 5.82 Å². The maximum atomic E-state index is 13.7. The number of hydrogen-bond donors (Lipinski definition) is 0. The zero-order chi connectivity index (χ0) is 25.4. The molecule has 1 saturated heterocycles. The molecule has 0 aliphatic carbocycles. The van der Waals surface area contributed by atoms with Crippen molar-refractivity contribution < 1.29 is 32.9 Å². The molecule has 0 radical (unpaired) electrons. The van der Waals surface area contributed by atoms with Crippen molar-refractivity contribution in [1.29, 1.82) is 0 Å². The highest BCUT2D eigenvalue weighted by Crippen LogP contribution is 2.28. The minimum absolute atomic E-state index is 0.166. The van der Waals surface area contributed by atoms with E-state index in [1.165, 1.54) is 25.3 Å². The average molecular weight is 489 g/mol. The largest absolute Gasteiger partial charge is 0.493 e. The van der Waals surface area contributed by atoms with Crippen LogP contribution in [0.25, 0.3) is 0 Å². The van der Waals surface area contributed by atoms with E-state index in [2.05, 4.69) is 0 Å². The normalized spacial score (nSPS) is 16.0. The molecule has 3 rings (SSSR count). The third-order valence-corrected chi connectivity index (χ3v) is 5.41. The van der Waals surface area contributed by atoms with Gasteiger partial charge in [0.05, 0.1) is 19.8 Å². The van der Waals surface area contributed by atoms with Crippen LogP contribution in [-0.4, -0.2) is 67.0 Å². The van der Waals surface area contributed by atoms with E-state index in [1.54, 1.807) is 30.6 Å². The van der Waals surface area contributed by atoms with Crippen molar-refractivity contribution in [3.63, 3.8) is 0 Å². The van der Waals surface area contributed by atoms with Gasteiger partial charge in [0.1, 0.15) is 18.0 Å². The molecule has 190 valence electrons. The lowest BCUT2D eigenvalue weighted by Crippen LogP contribution is -2.57. The fourth-order valence-corrected chi connectivity index (χ4v) is 3.71. The van der Waals surface area contributed by atoms with Crippen molar-refractivity contribution in [1.82, 2.24) is 9.80 Å². The minimum Gasteiger partial charge on any atom is -0.493 e. The third-order valence-electron chi connectivity index (χ3n) is 5.41. The van der Waals surface area contributed by atoms with Gasteiger partial charge in [-0.25, -0.2) is 14.0 Å². The van der Waals surface area contributed by atoms with E-state index in [-0.39, 0.29) is 31.5 Å². The van der Waals surface area contributed by atoms with E-state index < -0.39 is 23.6 Å². The summed E-state index contributed by atoms with van der Waals surface area (Å²) < 4.78 is 35.7. The van der Waals surface area contributed by atoms with Gasteiger partial charge in [0.25, 0.3) is 0 Å². The number of methoxy groups -OCH3 is 1. The van der Waals surface area contributed by atoms with Crippen molar-refractivity contribution >= 4 is 12.2 Å². The molecule has 2 aromatic carbocycles. The van der Waals surface area contributed by atoms with Crippen LogP contribution >= 0.6 is 0 Å². The monoisotopic (exact) mass is 488 g/mol. The number of carbonyl (C=O) groups is 2. The lowest BCUT2D eigenvalue weighted by atomic mass is 10.1. The molecule has 35 heavy (non-hydrogen) atoms. The molecule has 0 unspecified atom stereocenters. The average Bonchev–Trinajstić information content (AvgIpc) is 2.82. The molecular formula is C26H33FN2O6. The van der Waals surface area contributed by atoms with E-state index in [1.807, 2.05) is 30.3 Å². The molecule has 9 heteroatoms. The standard InChI is InChI=1S/C26H33FN2O6/c1-26(2,3)35-25(31)29-14-13-28(24(30)34-18-19-8-6-5-7-9-19)17-21(29)12-15-33-23-16-20(27)10-11-22(23)32-4/h5-11,16,21H,12-15,17-18H2,1-4H3/t21-/m1/s1. The fraction of sp³-hybridized carbons (Fsp3) is 0.462. The van der Waals surface area contributed by atoms with Gasteiger partial charge in [-0.15, -0.1) is 0 Å². The number of amides is 2. The van der Waals surface area contributed by atoms with Gasteiger partial charge in [-0.3, -0.25) is 0 Å². The molecule has 0 aromatic heterocycles. The number of hydrogen-bond acceptors (Lipinski definition) is 6. The number of rotatable bonds is 7. The second-order valence-electron chi connectivity index (χ2n) is 9.25. The van der Waals surface area contributed by atoms with Crippen LogP contribution in [0.3, 0.4) is 0 Å². The molecule has 0 bridgehead atoms. The molecular weight excluding hydrogens is 455 g/mol. The predicted octanol–water partition coefficient (Wildman–Crippen LogP) is 4.86. The zero-order valence-corrected chi connectivity index (χ0v) is 20.7. The number of nitrogens with zero attached hydrogens (tertiary/aromatic N) is 2. The van der Waals surface area contributed by atoms with E-state index in [0.717, 1.165) is 5.56 Å². The SMILES string of the molecule is COc1ccc(F)cc1OCC[C@@H]1CN(C(=O)OCc2ccccc2)CCN1C(=O)OC(C)(C)C. The number of ether oxygens (including phenoxy) is 4. The summed E-state index contributed by atoms with van der Waals surface area (Å²) in [7, 11) is 1.48. The summed E-state index contributed by atoms with van der Waals surface area (Å²) in [5.74, 6) is 0.234. The number of carbonyl (C=O) groups excluding carboxylic acids is 2. The van der Waals surface area contributed by atoms with Crippen molar-refractivity contribution in [2.24, 2.45) is 0 Å². The van der Waals surface area contributed by atoms with Crippen molar-refractivity contribution in [3.05, 3.63) is 59.9 Å². The molecule has 2 aromatic rings. The van der Waals surface area contributed by atoms with Crippen molar-refractivity contribution in [2.45, 2.75) is 45.4 Å². The smallest absolute Gasteiger partial charge is 0.410 e.